The Labute approximate surface area is 310 Å². The highest BCUT2D eigenvalue weighted by Gasteiger charge is 2.22. The summed E-state index contributed by atoms with van der Waals surface area (Å²) in [7, 11) is 0. The van der Waals surface area contributed by atoms with Crippen LogP contribution < -0.4 is 0 Å². The minimum absolute atomic E-state index is 0.612. The predicted molar refractivity (Wildman–Crippen MR) is 221 cm³/mol. The molecule has 3 aromatic heterocycles. The van der Waals surface area contributed by atoms with E-state index in [9.17, 15) is 0 Å². The van der Waals surface area contributed by atoms with Crippen molar-refractivity contribution in [2.75, 3.05) is 0 Å². The van der Waals surface area contributed by atoms with Gasteiger partial charge in [0.05, 0.1) is 22.1 Å². The molecule has 5 nitrogen and oxygen atoms in total. The Hall–Kier alpha value is -7.37. The molecule has 8 aromatic carbocycles. The van der Waals surface area contributed by atoms with Crippen molar-refractivity contribution in [3.8, 4) is 51.0 Å². The average molecular weight is 691 g/mol. The molecular formula is C49H30N4O. The van der Waals surface area contributed by atoms with Crippen LogP contribution in [-0.4, -0.2) is 19.5 Å². The van der Waals surface area contributed by atoms with E-state index < -0.39 is 0 Å². The minimum Gasteiger partial charge on any atom is -0.456 e. The number of rotatable bonds is 5. The van der Waals surface area contributed by atoms with Crippen LogP contribution in [0.15, 0.2) is 186 Å². The van der Waals surface area contributed by atoms with E-state index in [1.807, 2.05) is 60.7 Å². The van der Waals surface area contributed by atoms with Crippen molar-refractivity contribution in [2.24, 2.45) is 0 Å². The van der Waals surface area contributed by atoms with E-state index in [0.29, 0.717) is 17.5 Å². The maximum absolute atomic E-state index is 6.69. The molecule has 0 N–H and O–H groups in total. The standard InChI is InChI=1S/C49H30N4O/c1-3-15-32(16-4-1)47-50-48(33-17-5-2-6-18-33)52-49(51-47)40-24-12-23-38-37-21-9-10-25-41(37)53(46(38)40)42-26-13-27-43-45(42)39-29-28-34(30-44(39)54-43)36-22-11-19-31-14-7-8-20-35(31)36/h1-30H. The lowest BCUT2D eigenvalue weighted by Crippen LogP contribution is -2.02. The van der Waals surface area contributed by atoms with Gasteiger partial charge in [0.1, 0.15) is 11.2 Å². The Morgan fingerprint density at radius 3 is 1.80 bits per heavy atom. The van der Waals surface area contributed by atoms with E-state index in [2.05, 4.69) is 126 Å². The first kappa shape index (κ1) is 30.3. The largest absolute Gasteiger partial charge is 0.456 e. The molecule has 252 valence electrons. The molecule has 3 heterocycles. The van der Waals surface area contributed by atoms with Gasteiger partial charge in [-0.3, -0.25) is 0 Å². The Morgan fingerprint density at radius 2 is 1.00 bits per heavy atom. The van der Waals surface area contributed by atoms with E-state index >= 15 is 0 Å². The van der Waals surface area contributed by atoms with Crippen molar-refractivity contribution in [2.45, 2.75) is 0 Å². The monoisotopic (exact) mass is 690 g/mol. The lowest BCUT2D eigenvalue weighted by Gasteiger charge is -2.13. The highest BCUT2D eigenvalue weighted by molar-refractivity contribution is 6.17. The highest BCUT2D eigenvalue weighted by atomic mass is 16.3. The number of furan rings is 1. The van der Waals surface area contributed by atoms with E-state index in [4.69, 9.17) is 19.4 Å². The summed E-state index contributed by atoms with van der Waals surface area (Å²) < 4.78 is 9.05. The number of nitrogens with zero attached hydrogens (tertiary/aromatic N) is 4. The van der Waals surface area contributed by atoms with Crippen molar-refractivity contribution in [3.63, 3.8) is 0 Å². The van der Waals surface area contributed by atoms with Gasteiger partial charge in [-0.05, 0) is 58.3 Å². The zero-order valence-electron chi connectivity index (χ0n) is 29.0. The second-order valence-corrected chi connectivity index (χ2v) is 13.6. The van der Waals surface area contributed by atoms with Crippen molar-refractivity contribution < 1.29 is 4.42 Å². The van der Waals surface area contributed by atoms with Gasteiger partial charge in [0, 0.05) is 32.8 Å². The number of benzene rings is 8. The van der Waals surface area contributed by atoms with Crippen molar-refractivity contribution >= 4 is 54.5 Å². The fourth-order valence-corrected chi connectivity index (χ4v) is 8.02. The molecule has 5 heteroatoms. The fraction of sp³-hybridized carbons (Fsp3) is 0. The summed E-state index contributed by atoms with van der Waals surface area (Å²) in [5.41, 5.74) is 9.92. The highest BCUT2D eigenvalue weighted by Crippen LogP contribution is 2.42. The lowest BCUT2D eigenvalue weighted by molar-refractivity contribution is 0.669. The summed E-state index contributed by atoms with van der Waals surface area (Å²) >= 11 is 0. The maximum atomic E-state index is 6.69. The second-order valence-electron chi connectivity index (χ2n) is 13.6. The van der Waals surface area contributed by atoms with Gasteiger partial charge in [-0.1, -0.05) is 146 Å². The molecule has 0 saturated heterocycles. The third-order valence-corrected chi connectivity index (χ3v) is 10.5. The predicted octanol–water partition coefficient (Wildman–Crippen LogP) is 12.7. The molecule has 0 saturated carbocycles. The number of hydrogen-bond donors (Lipinski definition) is 0. The first-order valence-electron chi connectivity index (χ1n) is 18.1. The number of hydrogen-bond acceptors (Lipinski definition) is 4. The van der Waals surface area contributed by atoms with Gasteiger partial charge in [0.2, 0.25) is 0 Å². The molecule has 54 heavy (non-hydrogen) atoms. The molecule has 0 spiro atoms. The van der Waals surface area contributed by atoms with E-state index in [0.717, 1.165) is 71.7 Å². The first-order valence-corrected chi connectivity index (χ1v) is 18.1. The average Bonchev–Trinajstić information content (AvgIpc) is 3.79. The molecular weight excluding hydrogens is 661 g/mol. The second kappa shape index (κ2) is 12.1. The van der Waals surface area contributed by atoms with Crippen molar-refractivity contribution in [1.29, 1.82) is 0 Å². The SMILES string of the molecule is c1ccc(-c2nc(-c3ccccc3)nc(-c3cccc4c5ccccc5n(-c5cccc6oc7cc(-c8cccc9ccccc89)ccc7c56)c34)n2)cc1. The maximum Gasteiger partial charge on any atom is 0.166 e. The van der Waals surface area contributed by atoms with Gasteiger partial charge in [-0.2, -0.15) is 0 Å². The van der Waals surface area contributed by atoms with Crippen LogP contribution in [0.4, 0.5) is 0 Å². The lowest BCUT2D eigenvalue weighted by atomic mass is 9.97. The van der Waals surface area contributed by atoms with Crippen LogP contribution in [0, 0.1) is 0 Å². The summed E-state index contributed by atoms with van der Waals surface area (Å²) in [6.45, 7) is 0. The molecule has 0 aliphatic rings. The van der Waals surface area contributed by atoms with Crippen LogP contribution in [0.3, 0.4) is 0 Å². The van der Waals surface area contributed by atoms with Gasteiger partial charge < -0.3 is 8.98 Å². The van der Waals surface area contributed by atoms with Crippen LogP contribution in [-0.2, 0) is 0 Å². The normalized spacial score (nSPS) is 11.7. The van der Waals surface area contributed by atoms with Gasteiger partial charge in [0.15, 0.2) is 17.5 Å². The number of aromatic nitrogens is 4. The van der Waals surface area contributed by atoms with Crippen molar-refractivity contribution in [1.82, 2.24) is 19.5 Å². The molecule has 11 rings (SSSR count). The smallest absolute Gasteiger partial charge is 0.166 e. The fourth-order valence-electron chi connectivity index (χ4n) is 8.02. The minimum atomic E-state index is 0.612. The molecule has 0 atom stereocenters. The molecule has 0 aliphatic carbocycles. The zero-order chi connectivity index (χ0) is 35.6. The third kappa shape index (κ3) is 4.76. The van der Waals surface area contributed by atoms with Crippen LogP contribution in [0.5, 0.6) is 0 Å². The zero-order valence-corrected chi connectivity index (χ0v) is 29.0. The molecule has 0 radical (unpaired) electrons. The molecule has 0 unspecified atom stereocenters. The molecule has 0 aliphatic heterocycles. The Morgan fingerprint density at radius 1 is 0.389 bits per heavy atom. The van der Waals surface area contributed by atoms with Crippen LogP contribution in [0.2, 0.25) is 0 Å². The summed E-state index contributed by atoms with van der Waals surface area (Å²) in [5, 5.41) is 6.82. The Kier molecular flexibility index (Phi) is 6.79. The third-order valence-electron chi connectivity index (χ3n) is 10.5. The van der Waals surface area contributed by atoms with E-state index in [1.54, 1.807) is 0 Å². The molecule has 0 bridgehead atoms. The van der Waals surface area contributed by atoms with Crippen LogP contribution in [0.25, 0.3) is 105 Å². The molecule has 0 fully saturated rings. The number of fused-ring (bicyclic) bond motifs is 7. The van der Waals surface area contributed by atoms with Gasteiger partial charge >= 0.3 is 0 Å². The van der Waals surface area contributed by atoms with Crippen LogP contribution in [0.1, 0.15) is 0 Å². The van der Waals surface area contributed by atoms with Gasteiger partial charge in [-0.15, -0.1) is 0 Å². The van der Waals surface area contributed by atoms with E-state index in [1.165, 1.54) is 16.3 Å². The topological polar surface area (TPSA) is 56.7 Å². The number of para-hydroxylation sites is 2. The van der Waals surface area contributed by atoms with Gasteiger partial charge in [-0.25, -0.2) is 15.0 Å². The Balaban J connectivity index is 1.18. The van der Waals surface area contributed by atoms with Crippen molar-refractivity contribution in [3.05, 3.63) is 182 Å². The summed E-state index contributed by atoms with van der Waals surface area (Å²) in [6, 6.07) is 63.2. The van der Waals surface area contributed by atoms with E-state index in [-0.39, 0.29) is 0 Å². The summed E-state index contributed by atoms with van der Waals surface area (Å²) in [6.07, 6.45) is 0. The van der Waals surface area contributed by atoms with Crippen LogP contribution >= 0.6 is 0 Å². The summed E-state index contributed by atoms with van der Waals surface area (Å²) in [5.74, 6) is 1.87. The first-order chi connectivity index (χ1) is 26.8. The molecule has 11 aromatic rings. The quantitative estimate of drug-likeness (QED) is 0.180. The molecule has 0 amide bonds. The summed E-state index contributed by atoms with van der Waals surface area (Å²) in [4.78, 5) is 15.3. The van der Waals surface area contributed by atoms with Gasteiger partial charge in [0.25, 0.3) is 0 Å². The Bertz CT molecular complexity index is 3150.